The SMILES string of the molecule is O=C(O)CN(C(=O)NC1CCCN(Cc2ccccc2)C1)C1CCCC1. The predicted octanol–water partition coefficient (Wildman–Crippen LogP) is 2.69. The molecule has 2 amide bonds. The Morgan fingerprint density at radius 2 is 1.85 bits per heavy atom. The van der Waals surface area contributed by atoms with Gasteiger partial charge in [0.25, 0.3) is 0 Å². The van der Waals surface area contributed by atoms with Gasteiger partial charge in [0.2, 0.25) is 0 Å². The second-order valence-corrected chi connectivity index (χ2v) is 7.47. The molecule has 2 N–H and O–H groups in total. The van der Waals surface area contributed by atoms with Gasteiger partial charge in [0.1, 0.15) is 6.54 Å². The van der Waals surface area contributed by atoms with Gasteiger partial charge < -0.3 is 15.3 Å². The maximum Gasteiger partial charge on any atom is 0.323 e. The molecule has 2 aliphatic rings. The van der Waals surface area contributed by atoms with E-state index in [0.29, 0.717) is 0 Å². The highest BCUT2D eigenvalue weighted by atomic mass is 16.4. The topological polar surface area (TPSA) is 72.9 Å². The van der Waals surface area contributed by atoms with E-state index in [0.717, 1.165) is 58.2 Å². The fourth-order valence-corrected chi connectivity index (χ4v) is 4.14. The summed E-state index contributed by atoms with van der Waals surface area (Å²) in [7, 11) is 0. The number of hydrogen-bond acceptors (Lipinski definition) is 3. The summed E-state index contributed by atoms with van der Waals surface area (Å²) in [5.74, 6) is -0.943. The van der Waals surface area contributed by atoms with Crippen molar-refractivity contribution in [3.63, 3.8) is 0 Å². The maximum atomic E-state index is 12.7. The zero-order valence-corrected chi connectivity index (χ0v) is 15.3. The smallest absolute Gasteiger partial charge is 0.323 e. The van der Waals surface area contributed by atoms with Gasteiger partial charge in [-0.25, -0.2) is 4.79 Å². The first kappa shape index (κ1) is 18.7. The standard InChI is InChI=1S/C20H29N3O3/c24-19(25)15-23(18-10-4-5-11-18)20(26)21-17-9-6-12-22(14-17)13-16-7-2-1-3-8-16/h1-3,7-8,17-18H,4-6,9-15H2,(H,21,26)(H,24,25). The van der Waals surface area contributed by atoms with Gasteiger partial charge in [-0.05, 0) is 37.8 Å². The molecule has 0 bridgehead atoms. The van der Waals surface area contributed by atoms with Gasteiger partial charge >= 0.3 is 12.0 Å². The summed E-state index contributed by atoms with van der Waals surface area (Å²) in [6.45, 7) is 2.51. The predicted molar refractivity (Wildman–Crippen MR) is 99.9 cm³/mol. The molecule has 1 aromatic rings. The number of benzene rings is 1. The molecule has 26 heavy (non-hydrogen) atoms. The van der Waals surface area contributed by atoms with Crippen LogP contribution in [0.4, 0.5) is 4.79 Å². The molecule has 0 radical (unpaired) electrons. The Bertz CT molecular complexity index is 602. The van der Waals surface area contributed by atoms with E-state index in [4.69, 9.17) is 0 Å². The van der Waals surface area contributed by atoms with Gasteiger partial charge in [0.15, 0.2) is 0 Å². The lowest BCUT2D eigenvalue weighted by Gasteiger charge is -2.35. The fraction of sp³-hybridized carbons (Fsp3) is 0.600. The minimum Gasteiger partial charge on any atom is -0.480 e. The fourth-order valence-electron chi connectivity index (χ4n) is 4.14. The number of nitrogens with zero attached hydrogens (tertiary/aromatic N) is 2. The highest BCUT2D eigenvalue weighted by molar-refractivity contribution is 5.80. The molecule has 6 heteroatoms. The molecule has 3 rings (SSSR count). The van der Waals surface area contributed by atoms with E-state index in [1.54, 1.807) is 0 Å². The van der Waals surface area contributed by atoms with Crippen molar-refractivity contribution in [2.24, 2.45) is 0 Å². The molecule has 6 nitrogen and oxygen atoms in total. The van der Waals surface area contributed by atoms with Crippen molar-refractivity contribution in [3.05, 3.63) is 35.9 Å². The maximum absolute atomic E-state index is 12.7. The molecule has 0 aromatic heterocycles. The lowest BCUT2D eigenvalue weighted by Crippen LogP contribution is -2.54. The van der Waals surface area contributed by atoms with E-state index in [2.05, 4.69) is 22.3 Å². The molecular weight excluding hydrogens is 330 g/mol. The normalized spacial score (nSPS) is 21.5. The summed E-state index contributed by atoms with van der Waals surface area (Å²) in [6, 6.07) is 10.3. The summed E-state index contributed by atoms with van der Waals surface area (Å²) < 4.78 is 0. The quantitative estimate of drug-likeness (QED) is 0.819. The van der Waals surface area contributed by atoms with Crippen LogP contribution in [-0.2, 0) is 11.3 Å². The van der Waals surface area contributed by atoms with E-state index in [1.807, 2.05) is 18.2 Å². The number of rotatable bonds is 6. The molecular formula is C20H29N3O3. The lowest BCUT2D eigenvalue weighted by atomic mass is 10.0. The van der Waals surface area contributed by atoms with Gasteiger partial charge in [0.05, 0.1) is 0 Å². The van der Waals surface area contributed by atoms with Gasteiger partial charge in [0, 0.05) is 25.2 Å². The number of carboxylic acid groups (broad SMARTS) is 1. The zero-order chi connectivity index (χ0) is 18.4. The zero-order valence-electron chi connectivity index (χ0n) is 15.3. The highest BCUT2D eigenvalue weighted by Gasteiger charge is 2.30. The van der Waals surface area contributed by atoms with Crippen molar-refractivity contribution in [1.82, 2.24) is 15.1 Å². The molecule has 1 aromatic carbocycles. The molecule has 0 spiro atoms. The van der Waals surface area contributed by atoms with Crippen molar-refractivity contribution in [2.75, 3.05) is 19.6 Å². The summed E-state index contributed by atoms with van der Waals surface area (Å²) in [4.78, 5) is 27.8. The molecule has 1 atom stereocenters. The summed E-state index contributed by atoms with van der Waals surface area (Å²) in [6.07, 6.45) is 5.95. The Balaban J connectivity index is 1.55. The third-order valence-corrected chi connectivity index (χ3v) is 5.41. The van der Waals surface area contributed by atoms with Crippen molar-refractivity contribution in [1.29, 1.82) is 0 Å². The summed E-state index contributed by atoms with van der Waals surface area (Å²) in [5.41, 5.74) is 1.28. The van der Waals surface area contributed by atoms with E-state index < -0.39 is 5.97 Å². The van der Waals surface area contributed by atoms with E-state index in [9.17, 15) is 14.7 Å². The van der Waals surface area contributed by atoms with E-state index in [-0.39, 0.29) is 24.7 Å². The van der Waals surface area contributed by atoms with Gasteiger partial charge in [-0.2, -0.15) is 0 Å². The monoisotopic (exact) mass is 359 g/mol. The average Bonchev–Trinajstić information content (AvgIpc) is 3.15. The van der Waals surface area contributed by atoms with Gasteiger partial charge in [-0.1, -0.05) is 43.2 Å². The molecule has 1 saturated heterocycles. The van der Waals surface area contributed by atoms with Crippen molar-refractivity contribution in [2.45, 2.75) is 57.2 Å². The van der Waals surface area contributed by atoms with Crippen LogP contribution < -0.4 is 5.32 Å². The van der Waals surface area contributed by atoms with Crippen LogP contribution in [-0.4, -0.2) is 58.6 Å². The molecule has 1 unspecified atom stereocenters. The molecule has 142 valence electrons. The molecule has 1 aliphatic heterocycles. The summed E-state index contributed by atoms with van der Waals surface area (Å²) in [5, 5.41) is 12.3. The number of hydrogen-bond donors (Lipinski definition) is 2. The Hall–Kier alpha value is -2.08. The largest absolute Gasteiger partial charge is 0.480 e. The van der Waals surface area contributed by atoms with Crippen LogP contribution in [0.25, 0.3) is 0 Å². The van der Waals surface area contributed by atoms with Crippen LogP contribution in [0.2, 0.25) is 0 Å². The van der Waals surface area contributed by atoms with Crippen molar-refractivity contribution >= 4 is 12.0 Å². The summed E-state index contributed by atoms with van der Waals surface area (Å²) >= 11 is 0. The minimum absolute atomic E-state index is 0.0649. The number of nitrogens with one attached hydrogen (secondary N) is 1. The number of amides is 2. The Morgan fingerprint density at radius 3 is 2.54 bits per heavy atom. The number of likely N-dealkylation sites (tertiary alicyclic amines) is 1. The molecule has 1 aliphatic carbocycles. The first-order valence-electron chi connectivity index (χ1n) is 9.67. The average molecular weight is 359 g/mol. The Labute approximate surface area is 155 Å². The van der Waals surface area contributed by atoms with Crippen LogP contribution in [0.3, 0.4) is 0 Å². The minimum atomic E-state index is -0.943. The second kappa shape index (κ2) is 9.03. The first-order chi connectivity index (χ1) is 12.6. The van der Waals surface area contributed by atoms with Crippen molar-refractivity contribution in [3.8, 4) is 0 Å². The second-order valence-electron chi connectivity index (χ2n) is 7.47. The van der Waals surface area contributed by atoms with Crippen LogP contribution in [0.5, 0.6) is 0 Å². The van der Waals surface area contributed by atoms with Gasteiger partial charge in [-0.15, -0.1) is 0 Å². The number of carboxylic acids is 1. The van der Waals surface area contributed by atoms with E-state index in [1.165, 1.54) is 10.5 Å². The Morgan fingerprint density at radius 1 is 1.12 bits per heavy atom. The van der Waals surface area contributed by atoms with Crippen molar-refractivity contribution < 1.29 is 14.7 Å². The van der Waals surface area contributed by atoms with Crippen LogP contribution in [0.15, 0.2) is 30.3 Å². The number of carbonyl (C=O) groups excluding carboxylic acids is 1. The van der Waals surface area contributed by atoms with E-state index >= 15 is 0 Å². The first-order valence-corrected chi connectivity index (χ1v) is 9.67. The number of piperidine rings is 1. The van der Waals surface area contributed by atoms with Crippen LogP contribution in [0, 0.1) is 0 Å². The Kier molecular flexibility index (Phi) is 6.50. The molecule has 1 heterocycles. The third-order valence-electron chi connectivity index (χ3n) is 5.41. The lowest BCUT2D eigenvalue weighted by molar-refractivity contribution is -0.138. The van der Waals surface area contributed by atoms with Gasteiger partial charge in [-0.3, -0.25) is 9.69 Å². The molecule has 2 fully saturated rings. The van der Waals surface area contributed by atoms with Crippen LogP contribution in [0.1, 0.15) is 44.1 Å². The molecule has 1 saturated carbocycles. The third kappa shape index (κ3) is 5.21. The van der Waals surface area contributed by atoms with Crippen LogP contribution >= 0.6 is 0 Å². The number of aliphatic carboxylic acids is 1. The highest BCUT2D eigenvalue weighted by Crippen LogP contribution is 2.24. The number of carbonyl (C=O) groups is 2. The number of urea groups is 1.